The van der Waals surface area contributed by atoms with E-state index >= 15 is 0 Å². The average Bonchev–Trinajstić information content (AvgIpc) is 2.92. The number of aromatic nitrogens is 3. The quantitative estimate of drug-likeness (QED) is 0.733. The maximum Gasteiger partial charge on any atom is 0.0532 e. The molecule has 0 bridgehead atoms. The molecule has 0 fully saturated rings. The van der Waals surface area contributed by atoms with Gasteiger partial charge in [0.15, 0.2) is 0 Å². The third kappa shape index (κ3) is 2.24. The van der Waals surface area contributed by atoms with Crippen LogP contribution < -0.4 is 5.32 Å². The van der Waals surface area contributed by atoms with Crippen molar-refractivity contribution in [3.05, 3.63) is 60.2 Å². The Morgan fingerprint density at radius 3 is 2.89 bits per heavy atom. The largest absolute Gasteiger partial charge is 0.308 e. The lowest BCUT2D eigenvalue weighted by molar-refractivity contribution is 0.695. The Balaban J connectivity index is 1.74. The van der Waals surface area contributed by atoms with Crippen LogP contribution in [0.4, 0.5) is 0 Å². The summed E-state index contributed by atoms with van der Waals surface area (Å²) in [5.41, 5.74) is 2.37. The lowest BCUT2D eigenvalue weighted by atomic mass is 10.1. The Morgan fingerprint density at radius 1 is 1.06 bits per heavy atom. The van der Waals surface area contributed by atoms with Gasteiger partial charge in [-0.05, 0) is 10.9 Å². The summed E-state index contributed by atoms with van der Waals surface area (Å²) in [5, 5.41) is 12.6. The van der Waals surface area contributed by atoms with E-state index < -0.39 is 0 Å². The molecule has 0 saturated heterocycles. The van der Waals surface area contributed by atoms with Gasteiger partial charge in [-0.15, -0.1) is 0 Å². The minimum Gasteiger partial charge on any atom is -0.308 e. The van der Waals surface area contributed by atoms with Gasteiger partial charge in [-0.25, -0.2) is 0 Å². The maximum atomic E-state index is 4.27. The van der Waals surface area contributed by atoms with E-state index in [9.17, 15) is 0 Å². The number of hydrogen-bond acceptors (Lipinski definition) is 3. The standard InChI is InChI=1S/C14H14N4/c1-2-4-14-12(3-1)8-16-10-13(14)9-15-5-11-6-17-18-7-11/h1-4,6-8,10,15H,5,9H2,(H,17,18). The number of aromatic amines is 1. The second-order valence-electron chi connectivity index (χ2n) is 4.23. The zero-order chi connectivity index (χ0) is 12.2. The van der Waals surface area contributed by atoms with Crippen LogP contribution in [0.25, 0.3) is 10.8 Å². The minimum absolute atomic E-state index is 0.805. The SMILES string of the molecule is c1ccc2c(CNCc3cn[nH]c3)cncc2c1. The van der Waals surface area contributed by atoms with Crippen molar-refractivity contribution in [2.45, 2.75) is 13.1 Å². The van der Waals surface area contributed by atoms with E-state index in [1.165, 1.54) is 16.3 Å². The van der Waals surface area contributed by atoms with Gasteiger partial charge in [0.1, 0.15) is 0 Å². The zero-order valence-corrected chi connectivity index (χ0v) is 9.93. The topological polar surface area (TPSA) is 53.6 Å². The van der Waals surface area contributed by atoms with Gasteiger partial charge in [0, 0.05) is 42.6 Å². The fraction of sp³-hybridized carbons (Fsp3) is 0.143. The molecule has 4 heteroatoms. The first-order valence-corrected chi connectivity index (χ1v) is 5.93. The van der Waals surface area contributed by atoms with Crippen molar-refractivity contribution >= 4 is 10.8 Å². The Labute approximate surface area is 105 Å². The van der Waals surface area contributed by atoms with Crippen LogP contribution in [-0.2, 0) is 13.1 Å². The highest BCUT2D eigenvalue weighted by Crippen LogP contribution is 2.16. The molecule has 0 unspecified atom stereocenters. The molecule has 90 valence electrons. The molecule has 1 aromatic carbocycles. The lowest BCUT2D eigenvalue weighted by Crippen LogP contribution is -2.12. The predicted molar refractivity (Wildman–Crippen MR) is 70.9 cm³/mol. The van der Waals surface area contributed by atoms with Crippen LogP contribution in [0.15, 0.2) is 49.1 Å². The number of pyridine rings is 1. The van der Waals surface area contributed by atoms with Crippen LogP contribution in [0.3, 0.4) is 0 Å². The highest BCUT2D eigenvalue weighted by atomic mass is 15.1. The molecule has 3 rings (SSSR count). The van der Waals surface area contributed by atoms with E-state index in [4.69, 9.17) is 0 Å². The predicted octanol–water partition coefficient (Wildman–Crippen LogP) is 2.25. The molecule has 0 radical (unpaired) electrons. The van der Waals surface area contributed by atoms with Crippen LogP contribution in [0, 0.1) is 0 Å². The van der Waals surface area contributed by atoms with Crippen molar-refractivity contribution in [2.75, 3.05) is 0 Å². The molecule has 0 aliphatic heterocycles. The summed E-state index contributed by atoms with van der Waals surface area (Å²) in [6.45, 7) is 1.61. The Bertz CT molecular complexity index is 626. The molecule has 0 amide bonds. The van der Waals surface area contributed by atoms with Crippen molar-refractivity contribution in [3.8, 4) is 0 Å². The van der Waals surface area contributed by atoms with E-state index in [1.807, 2.05) is 30.9 Å². The van der Waals surface area contributed by atoms with Crippen molar-refractivity contribution < 1.29 is 0 Å². The highest BCUT2D eigenvalue weighted by molar-refractivity contribution is 5.84. The Kier molecular flexibility index (Phi) is 3.02. The molecule has 3 aromatic rings. The molecule has 0 aliphatic rings. The first kappa shape index (κ1) is 10.9. The maximum absolute atomic E-state index is 4.27. The van der Waals surface area contributed by atoms with E-state index in [-0.39, 0.29) is 0 Å². The number of hydrogen-bond donors (Lipinski definition) is 2. The molecule has 2 heterocycles. The number of fused-ring (bicyclic) bond motifs is 1. The molecular weight excluding hydrogens is 224 g/mol. The van der Waals surface area contributed by atoms with Gasteiger partial charge in [0.05, 0.1) is 6.20 Å². The normalized spacial score (nSPS) is 10.9. The van der Waals surface area contributed by atoms with Gasteiger partial charge >= 0.3 is 0 Å². The van der Waals surface area contributed by atoms with E-state index in [1.54, 1.807) is 0 Å². The number of benzene rings is 1. The van der Waals surface area contributed by atoms with Crippen LogP contribution in [0.2, 0.25) is 0 Å². The van der Waals surface area contributed by atoms with Crippen molar-refractivity contribution in [2.24, 2.45) is 0 Å². The molecule has 0 spiro atoms. The second kappa shape index (κ2) is 4.98. The summed E-state index contributed by atoms with van der Waals surface area (Å²) in [7, 11) is 0. The Hall–Kier alpha value is -2.20. The first-order valence-electron chi connectivity index (χ1n) is 5.93. The lowest BCUT2D eigenvalue weighted by Gasteiger charge is -2.06. The smallest absolute Gasteiger partial charge is 0.0532 e. The van der Waals surface area contributed by atoms with Crippen LogP contribution >= 0.6 is 0 Å². The summed E-state index contributed by atoms with van der Waals surface area (Å²) in [4.78, 5) is 4.27. The summed E-state index contributed by atoms with van der Waals surface area (Å²) in [6.07, 6.45) is 7.54. The summed E-state index contributed by atoms with van der Waals surface area (Å²) < 4.78 is 0. The molecule has 0 aliphatic carbocycles. The number of rotatable bonds is 4. The van der Waals surface area contributed by atoms with Gasteiger partial charge in [0.25, 0.3) is 0 Å². The van der Waals surface area contributed by atoms with Gasteiger partial charge in [-0.2, -0.15) is 5.10 Å². The van der Waals surface area contributed by atoms with Gasteiger partial charge < -0.3 is 5.32 Å². The van der Waals surface area contributed by atoms with Crippen molar-refractivity contribution in [1.29, 1.82) is 0 Å². The van der Waals surface area contributed by atoms with E-state index in [0.29, 0.717) is 0 Å². The molecule has 4 nitrogen and oxygen atoms in total. The van der Waals surface area contributed by atoms with Gasteiger partial charge in [-0.3, -0.25) is 10.1 Å². The minimum atomic E-state index is 0.805. The second-order valence-corrected chi connectivity index (χ2v) is 4.23. The third-order valence-electron chi connectivity index (χ3n) is 2.95. The number of H-pyrrole nitrogens is 1. The zero-order valence-electron chi connectivity index (χ0n) is 9.93. The molecule has 2 N–H and O–H groups in total. The third-order valence-corrected chi connectivity index (χ3v) is 2.95. The molecule has 18 heavy (non-hydrogen) atoms. The van der Waals surface area contributed by atoms with Gasteiger partial charge in [0.2, 0.25) is 0 Å². The van der Waals surface area contributed by atoms with E-state index in [2.05, 4.69) is 38.7 Å². The van der Waals surface area contributed by atoms with Crippen LogP contribution in [0.5, 0.6) is 0 Å². The highest BCUT2D eigenvalue weighted by Gasteiger charge is 2.01. The summed E-state index contributed by atoms with van der Waals surface area (Å²) in [5.74, 6) is 0. The van der Waals surface area contributed by atoms with Crippen molar-refractivity contribution in [3.63, 3.8) is 0 Å². The Morgan fingerprint density at radius 2 is 2.00 bits per heavy atom. The fourth-order valence-corrected chi connectivity index (χ4v) is 2.04. The number of nitrogens with one attached hydrogen (secondary N) is 2. The molecule has 2 aromatic heterocycles. The molecular formula is C14H14N4. The average molecular weight is 238 g/mol. The van der Waals surface area contributed by atoms with Crippen molar-refractivity contribution in [1.82, 2.24) is 20.5 Å². The fourth-order valence-electron chi connectivity index (χ4n) is 2.04. The number of nitrogens with zero attached hydrogens (tertiary/aromatic N) is 2. The van der Waals surface area contributed by atoms with E-state index in [0.717, 1.165) is 18.7 Å². The molecule has 0 saturated carbocycles. The molecule has 0 atom stereocenters. The first-order chi connectivity index (χ1) is 8.93. The van der Waals surface area contributed by atoms with Crippen LogP contribution in [0.1, 0.15) is 11.1 Å². The van der Waals surface area contributed by atoms with Gasteiger partial charge in [-0.1, -0.05) is 24.3 Å². The van der Waals surface area contributed by atoms with Crippen LogP contribution in [-0.4, -0.2) is 15.2 Å². The monoisotopic (exact) mass is 238 g/mol. The summed E-state index contributed by atoms with van der Waals surface area (Å²) >= 11 is 0. The summed E-state index contributed by atoms with van der Waals surface area (Å²) in [6, 6.07) is 8.31.